The number of nitrogens with zero attached hydrogens (tertiary/aromatic N) is 1. The van der Waals surface area contributed by atoms with Gasteiger partial charge in [0, 0.05) is 53.2 Å². The van der Waals surface area contributed by atoms with E-state index in [4.69, 9.17) is 11.6 Å². The first kappa shape index (κ1) is 25.8. The summed E-state index contributed by atoms with van der Waals surface area (Å²) in [7, 11) is 0. The number of hydrogen-bond acceptors (Lipinski definition) is 4. The summed E-state index contributed by atoms with van der Waals surface area (Å²) in [6.07, 6.45) is 7.88. The van der Waals surface area contributed by atoms with Crippen LogP contribution in [0.3, 0.4) is 0 Å². The van der Waals surface area contributed by atoms with E-state index in [2.05, 4.69) is 39.8 Å². The third kappa shape index (κ3) is 5.98. The zero-order chi connectivity index (χ0) is 26.5. The smallest absolute Gasteiger partial charge is 0.253 e. The zero-order valence-electron chi connectivity index (χ0n) is 21.0. The number of fused-ring (bicyclic) bond motifs is 1. The molecular weight excluding hydrogens is 498 g/mol. The molecule has 2 heterocycles. The van der Waals surface area contributed by atoms with Crippen molar-refractivity contribution in [1.82, 2.24) is 0 Å². The first-order valence-corrected chi connectivity index (χ1v) is 13.3. The normalized spacial score (nSPS) is 17.7. The Morgan fingerprint density at radius 1 is 0.974 bits per heavy atom. The predicted octanol–water partition coefficient (Wildman–Crippen LogP) is 5.81. The Balaban J connectivity index is 1.36. The van der Waals surface area contributed by atoms with E-state index in [0.717, 1.165) is 29.8 Å². The lowest BCUT2D eigenvalue weighted by molar-refractivity contribution is -0.124. The zero-order valence-corrected chi connectivity index (χ0v) is 21.7. The number of aliphatic hydroxyl groups excluding tert-OH is 1. The maximum atomic E-state index is 12.8. The average Bonchev–Trinajstić information content (AvgIpc) is 2.93. The van der Waals surface area contributed by atoms with Crippen molar-refractivity contribution in [3.8, 4) is 0 Å². The first-order chi connectivity index (χ1) is 18.5. The van der Waals surface area contributed by atoms with Crippen LogP contribution in [0.2, 0.25) is 5.02 Å². The topological polar surface area (TPSA) is 81.7 Å². The molecule has 2 aliphatic rings. The number of aliphatic hydroxyl groups is 1. The highest BCUT2D eigenvalue weighted by Crippen LogP contribution is 2.30. The van der Waals surface area contributed by atoms with E-state index >= 15 is 0 Å². The summed E-state index contributed by atoms with van der Waals surface area (Å²) in [4.78, 5) is 27.0. The number of halogens is 1. The van der Waals surface area contributed by atoms with Gasteiger partial charge >= 0.3 is 0 Å². The minimum absolute atomic E-state index is 0.148. The number of piperidine rings is 1. The Morgan fingerprint density at radius 3 is 2.37 bits per heavy atom. The molecule has 2 aliphatic heterocycles. The van der Waals surface area contributed by atoms with Crippen LogP contribution in [0.1, 0.15) is 36.0 Å². The number of allylic oxidation sites excluding steroid dienone is 2. The van der Waals surface area contributed by atoms with E-state index in [0.29, 0.717) is 22.0 Å². The lowest BCUT2D eigenvalue weighted by Crippen LogP contribution is -2.34. The minimum atomic E-state index is -1.14. The van der Waals surface area contributed by atoms with Crippen LogP contribution in [0, 0.1) is 0 Å². The van der Waals surface area contributed by atoms with Gasteiger partial charge in [-0.1, -0.05) is 54.1 Å². The minimum Gasteiger partial charge on any atom is -0.383 e. The molecule has 3 aromatic carbocycles. The Hall–Kier alpha value is -3.87. The van der Waals surface area contributed by atoms with E-state index in [1.165, 1.54) is 31.0 Å². The molecule has 2 amide bonds. The summed E-state index contributed by atoms with van der Waals surface area (Å²) < 4.78 is 0. The molecule has 0 spiro atoms. The van der Waals surface area contributed by atoms with E-state index in [9.17, 15) is 14.7 Å². The SMILES string of the molecule is O=C(/C=C/C=C(/c1ccc(Cl)cc1)c1ccc(N2CCCCC2)cc1)Nc1cccc2c1CC(O)C(=O)N2. The number of rotatable bonds is 6. The summed E-state index contributed by atoms with van der Waals surface area (Å²) in [6.45, 7) is 2.18. The molecule has 0 radical (unpaired) electrons. The largest absolute Gasteiger partial charge is 0.383 e. The van der Waals surface area contributed by atoms with Gasteiger partial charge in [-0.2, -0.15) is 0 Å². The van der Waals surface area contributed by atoms with Gasteiger partial charge in [-0.05, 0) is 72.4 Å². The maximum absolute atomic E-state index is 12.8. The second kappa shape index (κ2) is 11.7. The molecule has 7 heteroatoms. The molecule has 6 nitrogen and oxygen atoms in total. The van der Waals surface area contributed by atoms with Gasteiger partial charge in [-0.3, -0.25) is 9.59 Å². The molecule has 0 aromatic heterocycles. The van der Waals surface area contributed by atoms with E-state index in [1.54, 1.807) is 24.3 Å². The average molecular weight is 528 g/mol. The Bertz CT molecular complexity index is 1370. The van der Waals surface area contributed by atoms with Crippen molar-refractivity contribution >= 4 is 46.1 Å². The lowest BCUT2D eigenvalue weighted by atomic mass is 9.97. The van der Waals surface area contributed by atoms with Crippen LogP contribution in [0.4, 0.5) is 17.1 Å². The van der Waals surface area contributed by atoms with Crippen molar-refractivity contribution in [2.75, 3.05) is 28.6 Å². The highest BCUT2D eigenvalue weighted by molar-refractivity contribution is 6.30. The summed E-state index contributed by atoms with van der Waals surface area (Å²) in [6, 6.07) is 21.5. The molecule has 1 fully saturated rings. The number of anilines is 3. The van der Waals surface area contributed by atoms with Crippen molar-refractivity contribution in [2.45, 2.75) is 31.8 Å². The molecule has 1 atom stereocenters. The summed E-state index contributed by atoms with van der Waals surface area (Å²) >= 11 is 6.13. The molecule has 1 unspecified atom stereocenters. The van der Waals surface area contributed by atoms with Gasteiger partial charge in [0.25, 0.3) is 5.91 Å². The van der Waals surface area contributed by atoms with E-state index in [1.807, 2.05) is 30.3 Å². The molecule has 1 saturated heterocycles. The molecule has 3 aromatic rings. The molecule has 194 valence electrons. The van der Waals surface area contributed by atoms with Gasteiger partial charge in [-0.25, -0.2) is 0 Å². The third-order valence-corrected chi connectivity index (χ3v) is 7.21. The monoisotopic (exact) mass is 527 g/mol. The van der Waals surface area contributed by atoms with Gasteiger partial charge in [-0.15, -0.1) is 0 Å². The van der Waals surface area contributed by atoms with Crippen molar-refractivity contribution in [3.05, 3.63) is 107 Å². The molecule has 0 saturated carbocycles. The molecule has 0 aliphatic carbocycles. The molecular formula is C31H30ClN3O3. The van der Waals surface area contributed by atoms with Crippen LogP contribution in [-0.2, 0) is 16.0 Å². The van der Waals surface area contributed by atoms with Gasteiger partial charge < -0.3 is 20.6 Å². The van der Waals surface area contributed by atoms with Crippen molar-refractivity contribution in [1.29, 1.82) is 0 Å². The predicted molar refractivity (Wildman–Crippen MR) is 154 cm³/mol. The third-order valence-electron chi connectivity index (χ3n) is 6.96. The van der Waals surface area contributed by atoms with Crippen LogP contribution in [0.5, 0.6) is 0 Å². The molecule has 0 bridgehead atoms. The van der Waals surface area contributed by atoms with Crippen LogP contribution < -0.4 is 15.5 Å². The number of benzene rings is 3. The van der Waals surface area contributed by atoms with Crippen LogP contribution >= 0.6 is 11.6 Å². The van der Waals surface area contributed by atoms with E-state index in [-0.39, 0.29) is 12.3 Å². The fraction of sp³-hybridized carbons (Fsp3) is 0.226. The van der Waals surface area contributed by atoms with Gasteiger partial charge in [0.2, 0.25) is 5.91 Å². The highest BCUT2D eigenvalue weighted by Gasteiger charge is 2.26. The number of nitrogens with one attached hydrogen (secondary N) is 2. The Labute approximate surface area is 227 Å². The maximum Gasteiger partial charge on any atom is 0.253 e. The van der Waals surface area contributed by atoms with E-state index < -0.39 is 12.0 Å². The van der Waals surface area contributed by atoms with Crippen LogP contribution in [0.15, 0.2) is 85.0 Å². The van der Waals surface area contributed by atoms with Crippen LogP contribution in [0.25, 0.3) is 5.57 Å². The standard InChI is InChI=1S/C31H30ClN3O3/c32-23-14-10-21(11-15-23)25(22-12-16-24(17-13-22)35-18-2-1-3-19-35)6-4-9-30(37)33-27-7-5-8-28-26(27)20-29(36)31(38)34-28/h4-17,29,36H,1-3,18-20H2,(H,33,37)(H,34,38)/b9-4+,25-6-. The fourth-order valence-electron chi connectivity index (χ4n) is 4.94. The Kier molecular flexibility index (Phi) is 7.91. The number of carbonyl (C=O) groups is 2. The molecule has 5 rings (SSSR count). The second-order valence-electron chi connectivity index (χ2n) is 9.57. The number of hydrogen-bond donors (Lipinski definition) is 3. The highest BCUT2D eigenvalue weighted by atomic mass is 35.5. The van der Waals surface area contributed by atoms with Gasteiger partial charge in [0.15, 0.2) is 0 Å². The molecule has 38 heavy (non-hydrogen) atoms. The second-order valence-corrected chi connectivity index (χ2v) is 10.0. The molecule has 3 N–H and O–H groups in total. The summed E-state index contributed by atoms with van der Waals surface area (Å²) in [5, 5.41) is 16.2. The fourth-order valence-corrected chi connectivity index (χ4v) is 5.07. The van der Waals surface area contributed by atoms with Crippen molar-refractivity contribution < 1.29 is 14.7 Å². The Morgan fingerprint density at radius 2 is 1.66 bits per heavy atom. The number of carbonyl (C=O) groups excluding carboxylic acids is 2. The lowest BCUT2D eigenvalue weighted by Gasteiger charge is -2.29. The van der Waals surface area contributed by atoms with Crippen molar-refractivity contribution in [2.24, 2.45) is 0 Å². The number of amides is 2. The van der Waals surface area contributed by atoms with Gasteiger partial charge in [0.05, 0.1) is 0 Å². The quantitative estimate of drug-likeness (QED) is 0.279. The summed E-state index contributed by atoms with van der Waals surface area (Å²) in [5.41, 5.74) is 6.09. The van der Waals surface area contributed by atoms with Gasteiger partial charge in [0.1, 0.15) is 6.10 Å². The van der Waals surface area contributed by atoms with Crippen LogP contribution in [-0.4, -0.2) is 36.1 Å². The summed E-state index contributed by atoms with van der Waals surface area (Å²) in [5.74, 6) is -0.748. The van der Waals surface area contributed by atoms with Crippen molar-refractivity contribution in [3.63, 3.8) is 0 Å². The first-order valence-electron chi connectivity index (χ1n) is 12.9.